The van der Waals surface area contributed by atoms with Crippen LogP contribution in [0.3, 0.4) is 0 Å². The van der Waals surface area contributed by atoms with E-state index in [1.807, 2.05) is 35.3 Å². The fraction of sp³-hybridized carbons (Fsp3) is 0.292. The summed E-state index contributed by atoms with van der Waals surface area (Å²) >= 11 is 0. The van der Waals surface area contributed by atoms with Crippen molar-refractivity contribution >= 4 is 35.0 Å². The van der Waals surface area contributed by atoms with Crippen molar-refractivity contribution in [2.75, 3.05) is 24.0 Å². The second kappa shape index (κ2) is 6.97. The standard InChI is InChI=1S/C24H22N2O5/c1-13(27)22-21-20(19-10-4-14-12-17(31-3)9-11-18(14)26(19)22)23(28)25(24(21)29)15-5-7-16(30-2)8-6-15/h4-12,19-22H,1-3H3/t19-,20-,21-,22+/m1/s1. The Balaban J connectivity index is 1.58. The SMILES string of the molecule is COc1ccc(N2C(=O)[C@@H]3[C@H](C2=O)[C@H]2C=Cc4cc(OC)ccc4N2[C@H]3C(C)=O)cc1. The number of hydrogen-bond donors (Lipinski definition) is 0. The van der Waals surface area contributed by atoms with Gasteiger partial charge in [0.1, 0.15) is 17.5 Å². The van der Waals surface area contributed by atoms with Crippen LogP contribution < -0.4 is 19.3 Å². The van der Waals surface area contributed by atoms with Crippen LogP contribution in [0.15, 0.2) is 48.5 Å². The second-order valence-corrected chi connectivity index (χ2v) is 8.00. The molecule has 0 aromatic heterocycles. The molecule has 0 radical (unpaired) electrons. The number of imide groups is 1. The summed E-state index contributed by atoms with van der Waals surface area (Å²) in [5.41, 5.74) is 2.22. The molecule has 0 spiro atoms. The number of ether oxygens (including phenoxy) is 2. The Hall–Kier alpha value is -3.61. The van der Waals surface area contributed by atoms with Crippen LogP contribution in [0, 0.1) is 11.8 Å². The van der Waals surface area contributed by atoms with Gasteiger partial charge in [-0.3, -0.25) is 14.4 Å². The van der Waals surface area contributed by atoms with Crippen molar-refractivity contribution in [2.45, 2.75) is 19.0 Å². The van der Waals surface area contributed by atoms with Crippen molar-refractivity contribution in [3.8, 4) is 11.5 Å². The van der Waals surface area contributed by atoms with Crippen LogP contribution in [0.1, 0.15) is 12.5 Å². The molecule has 31 heavy (non-hydrogen) atoms. The predicted octanol–water partition coefficient (Wildman–Crippen LogP) is 2.68. The number of benzene rings is 2. The van der Waals surface area contributed by atoms with Gasteiger partial charge in [-0.1, -0.05) is 12.2 Å². The molecule has 2 amide bonds. The fourth-order valence-corrected chi connectivity index (χ4v) is 5.12. The Morgan fingerprint density at radius 2 is 1.55 bits per heavy atom. The van der Waals surface area contributed by atoms with Crippen molar-refractivity contribution in [1.29, 1.82) is 0 Å². The lowest BCUT2D eigenvalue weighted by molar-refractivity contribution is -0.126. The van der Waals surface area contributed by atoms with E-state index in [0.29, 0.717) is 17.2 Å². The molecule has 7 nitrogen and oxygen atoms in total. The molecular formula is C24H22N2O5. The first-order valence-electron chi connectivity index (χ1n) is 10.1. The number of ketones is 1. The molecule has 0 N–H and O–H groups in total. The molecule has 2 fully saturated rings. The minimum atomic E-state index is -0.727. The van der Waals surface area contributed by atoms with Crippen molar-refractivity contribution < 1.29 is 23.9 Å². The van der Waals surface area contributed by atoms with Gasteiger partial charge < -0.3 is 14.4 Å². The van der Waals surface area contributed by atoms with Crippen LogP contribution in [0.4, 0.5) is 11.4 Å². The summed E-state index contributed by atoms with van der Waals surface area (Å²) in [6.07, 6.45) is 3.86. The van der Waals surface area contributed by atoms with Crippen LogP contribution in [0.25, 0.3) is 6.08 Å². The maximum absolute atomic E-state index is 13.5. The highest BCUT2D eigenvalue weighted by molar-refractivity contribution is 6.24. The zero-order valence-corrected chi connectivity index (χ0v) is 17.4. The van der Waals surface area contributed by atoms with Gasteiger partial charge in [-0.2, -0.15) is 0 Å². The number of carbonyl (C=O) groups excluding carboxylic acids is 3. The van der Waals surface area contributed by atoms with E-state index in [-0.39, 0.29) is 23.6 Å². The Morgan fingerprint density at radius 1 is 0.903 bits per heavy atom. The molecular weight excluding hydrogens is 396 g/mol. The van der Waals surface area contributed by atoms with E-state index in [1.54, 1.807) is 38.5 Å². The van der Waals surface area contributed by atoms with Crippen LogP contribution in [-0.2, 0) is 14.4 Å². The summed E-state index contributed by atoms with van der Waals surface area (Å²) in [6, 6.07) is 11.3. The Labute approximate surface area is 179 Å². The van der Waals surface area contributed by atoms with Gasteiger partial charge in [0.15, 0.2) is 5.78 Å². The highest BCUT2D eigenvalue weighted by Crippen LogP contribution is 2.49. The number of hydrogen-bond acceptors (Lipinski definition) is 6. The van der Waals surface area contributed by atoms with Crippen molar-refractivity contribution in [3.05, 3.63) is 54.1 Å². The first-order valence-corrected chi connectivity index (χ1v) is 10.1. The van der Waals surface area contributed by atoms with Gasteiger partial charge in [-0.25, -0.2) is 4.90 Å². The molecule has 2 aromatic carbocycles. The summed E-state index contributed by atoms with van der Waals surface area (Å²) in [6.45, 7) is 1.49. The molecule has 3 heterocycles. The number of methoxy groups -OCH3 is 2. The van der Waals surface area contributed by atoms with Gasteiger partial charge in [0.05, 0.1) is 37.8 Å². The van der Waals surface area contributed by atoms with E-state index in [9.17, 15) is 14.4 Å². The quantitative estimate of drug-likeness (QED) is 0.711. The maximum Gasteiger partial charge on any atom is 0.240 e. The van der Waals surface area contributed by atoms with Gasteiger partial charge in [0.2, 0.25) is 11.8 Å². The zero-order valence-electron chi connectivity index (χ0n) is 17.4. The highest BCUT2D eigenvalue weighted by atomic mass is 16.5. The number of rotatable bonds is 4. The number of anilines is 2. The third kappa shape index (κ3) is 2.69. The lowest BCUT2D eigenvalue weighted by Crippen LogP contribution is -2.48. The highest BCUT2D eigenvalue weighted by Gasteiger charge is 2.63. The largest absolute Gasteiger partial charge is 0.497 e. The van der Waals surface area contributed by atoms with Crippen LogP contribution >= 0.6 is 0 Å². The summed E-state index contributed by atoms with van der Waals surface area (Å²) in [4.78, 5) is 42.9. The van der Waals surface area contributed by atoms with E-state index in [0.717, 1.165) is 11.3 Å². The van der Waals surface area contributed by atoms with Crippen LogP contribution in [0.5, 0.6) is 11.5 Å². The lowest BCUT2D eigenvalue weighted by atomic mass is 9.88. The normalized spacial score (nSPS) is 25.9. The van der Waals surface area contributed by atoms with Crippen molar-refractivity contribution in [2.24, 2.45) is 11.8 Å². The van der Waals surface area contributed by atoms with Gasteiger partial charge >= 0.3 is 0 Å². The van der Waals surface area contributed by atoms with Crippen molar-refractivity contribution in [3.63, 3.8) is 0 Å². The molecule has 0 aliphatic carbocycles. The monoisotopic (exact) mass is 418 g/mol. The van der Waals surface area contributed by atoms with E-state index in [1.165, 1.54) is 11.8 Å². The van der Waals surface area contributed by atoms with E-state index < -0.39 is 17.9 Å². The molecule has 7 heteroatoms. The molecule has 2 aromatic rings. The molecule has 0 bridgehead atoms. The minimum absolute atomic E-state index is 0.132. The third-order valence-corrected chi connectivity index (χ3v) is 6.46. The van der Waals surface area contributed by atoms with E-state index in [2.05, 4.69) is 0 Å². The van der Waals surface area contributed by atoms with Crippen LogP contribution in [0.2, 0.25) is 0 Å². The third-order valence-electron chi connectivity index (χ3n) is 6.46. The van der Waals surface area contributed by atoms with E-state index in [4.69, 9.17) is 9.47 Å². The van der Waals surface area contributed by atoms with Crippen molar-refractivity contribution in [1.82, 2.24) is 0 Å². The zero-order chi connectivity index (χ0) is 21.9. The fourth-order valence-electron chi connectivity index (χ4n) is 5.12. The van der Waals surface area contributed by atoms with E-state index >= 15 is 0 Å². The lowest BCUT2D eigenvalue weighted by Gasteiger charge is -2.36. The molecule has 0 unspecified atom stereocenters. The number of Topliss-reactive ketones (excluding diaryl/α,β-unsaturated/α-hetero) is 1. The van der Waals surface area contributed by atoms with Gasteiger partial charge in [0.25, 0.3) is 0 Å². The van der Waals surface area contributed by atoms with Gasteiger partial charge in [-0.15, -0.1) is 0 Å². The summed E-state index contributed by atoms with van der Waals surface area (Å²) in [5.74, 6) is -0.743. The molecule has 2 saturated heterocycles. The molecule has 3 aliphatic rings. The Kier molecular flexibility index (Phi) is 4.36. The van der Waals surface area contributed by atoms with Gasteiger partial charge in [0, 0.05) is 11.3 Å². The second-order valence-electron chi connectivity index (χ2n) is 8.00. The molecule has 5 rings (SSSR count). The summed E-state index contributed by atoms with van der Waals surface area (Å²) in [7, 11) is 3.15. The molecule has 158 valence electrons. The number of nitrogens with zero attached hydrogens (tertiary/aromatic N) is 2. The summed E-state index contributed by atoms with van der Waals surface area (Å²) in [5, 5.41) is 0. The average Bonchev–Trinajstić information content (AvgIpc) is 3.26. The predicted molar refractivity (Wildman–Crippen MR) is 115 cm³/mol. The average molecular weight is 418 g/mol. The molecule has 4 atom stereocenters. The Morgan fingerprint density at radius 3 is 2.19 bits per heavy atom. The number of carbonyl (C=O) groups is 3. The molecule has 3 aliphatic heterocycles. The van der Waals surface area contributed by atoms with Crippen LogP contribution in [-0.4, -0.2) is 43.9 Å². The van der Waals surface area contributed by atoms with Gasteiger partial charge in [-0.05, 0) is 49.4 Å². The topological polar surface area (TPSA) is 76.2 Å². The number of fused-ring (bicyclic) bond motifs is 5. The Bertz CT molecular complexity index is 1120. The number of amides is 2. The smallest absolute Gasteiger partial charge is 0.240 e. The minimum Gasteiger partial charge on any atom is -0.497 e. The molecule has 0 saturated carbocycles. The first kappa shape index (κ1) is 19.4. The first-order chi connectivity index (χ1) is 15.0. The maximum atomic E-state index is 13.5. The summed E-state index contributed by atoms with van der Waals surface area (Å²) < 4.78 is 10.5.